The molecule has 0 amide bonds. The highest BCUT2D eigenvalue weighted by atomic mass is 16.3. The van der Waals surface area contributed by atoms with Crippen molar-refractivity contribution >= 4 is 0 Å². The van der Waals surface area contributed by atoms with Crippen molar-refractivity contribution in [2.24, 2.45) is 0 Å². The van der Waals surface area contributed by atoms with Crippen molar-refractivity contribution in [3.05, 3.63) is 11.5 Å². The summed E-state index contributed by atoms with van der Waals surface area (Å²) >= 11 is 0. The van der Waals surface area contributed by atoms with E-state index in [4.69, 9.17) is 0 Å². The van der Waals surface area contributed by atoms with Crippen LogP contribution in [-0.2, 0) is 0 Å². The molecule has 2 N–H and O–H groups in total. The molecule has 0 radical (unpaired) electrons. The Bertz CT molecular complexity index is 450. The van der Waals surface area contributed by atoms with Crippen molar-refractivity contribution in [1.82, 2.24) is 9.80 Å². The summed E-state index contributed by atoms with van der Waals surface area (Å²) in [5.74, 6) is 0.231. The third-order valence-corrected chi connectivity index (χ3v) is 6.28. The van der Waals surface area contributed by atoms with Gasteiger partial charge >= 0.3 is 0 Å². The second-order valence-electron chi connectivity index (χ2n) is 7.84. The predicted molar refractivity (Wildman–Crippen MR) is 88.7 cm³/mol. The molecule has 2 heterocycles. The highest BCUT2D eigenvalue weighted by Crippen LogP contribution is 2.43. The van der Waals surface area contributed by atoms with Gasteiger partial charge in [-0.3, -0.25) is 4.90 Å². The summed E-state index contributed by atoms with van der Waals surface area (Å²) in [4.78, 5) is 4.79. The Kier molecular flexibility index (Phi) is 4.43. The van der Waals surface area contributed by atoms with Gasteiger partial charge in [-0.05, 0) is 59.4 Å². The Balaban J connectivity index is 1.83. The normalized spacial score (nSPS) is 41.3. The van der Waals surface area contributed by atoms with Crippen molar-refractivity contribution in [3.63, 3.8) is 0 Å². The second-order valence-corrected chi connectivity index (χ2v) is 7.84. The first-order chi connectivity index (χ1) is 10.4. The van der Waals surface area contributed by atoms with E-state index in [1.54, 1.807) is 0 Å². The molecule has 2 saturated heterocycles. The molecule has 2 aliphatic heterocycles. The Morgan fingerprint density at radius 1 is 1.00 bits per heavy atom. The molecule has 0 aromatic heterocycles. The molecule has 4 nitrogen and oxygen atoms in total. The highest BCUT2D eigenvalue weighted by molar-refractivity contribution is 5.28. The smallest absolute Gasteiger partial charge is 0.142 e. The molecular weight excluding hydrogens is 276 g/mol. The van der Waals surface area contributed by atoms with Crippen LogP contribution in [0.15, 0.2) is 11.5 Å². The molecule has 0 saturated carbocycles. The third-order valence-electron chi connectivity index (χ3n) is 6.28. The number of hydrogen-bond donors (Lipinski definition) is 2. The Morgan fingerprint density at radius 2 is 1.64 bits per heavy atom. The van der Waals surface area contributed by atoms with Crippen molar-refractivity contribution in [2.75, 3.05) is 13.1 Å². The average Bonchev–Trinajstić information content (AvgIpc) is 2.73. The monoisotopic (exact) mass is 308 g/mol. The molecule has 3 aliphatic rings. The van der Waals surface area contributed by atoms with Gasteiger partial charge in [-0.25, -0.2) is 0 Å². The standard InChI is InChI=1S/C18H32N2O2/c1-13-8-4-6-10-19(13)15-12-18(3,17(22)16(15)21)20-11-7-5-9-14(20)2/h13-14,17,21-22H,4-12H2,1-3H3. The van der Waals surface area contributed by atoms with Gasteiger partial charge in [0.15, 0.2) is 0 Å². The quantitative estimate of drug-likeness (QED) is 0.823. The first kappa shape index (κ1) is 16.1. The first-order valence-corrected chi connectivity index (χ1v) is 9.08. The van der Waals surface area contributed by atoms with Crippen molar-refractivity contribution < 1.29 is 10.2 Å². The fourth-order valence-electron chi connectivity index (χ4n) is 4.84. The van der Waals surface area contributed by atoms with E-state index in [0.717, 1.165) is 25.2 Å². The molecule has 3 rings (SSSR count). The Morgan fingerprint density at radius 3 is 2.27 bits per heavy atom. The second kappa shape index (κ2) is 6.04. The van der Waals surface area contributed by atoms with Crippen LogP contribution in [0.25, 0.3) is 0 Å². The Labute approximate surface area is 134 Å². The summed E-state index contributed by atoms with van der Waals surface area (Å²) in [6.07, 6.45) is 7.33. The maximum atomic E-state index is 10.8. The van der Waals surface area contributed by atoms with Crippen LogP contribution in [0.2, 0.25) is 0 Å². The fourth-order valence-corrected chi connectivity index (χ4v) is 4.84. The summed E-state index contributed by atoms with van der Waals surface area (Å²) in [5.41, 5.74) is 0.649. The van der Waals surface area contributed by atoms with E-state index in [0.29, 0.717) is 12.1 Å². The zero-order chi connectivity index (χ0) is 15.9. The van der Waals surface area contributed by atoms with Gasteiger partial charge in [0, 0.05) is 25.0 Å². The number of aliphatic hydroxyl groups is 2. The maximum Gasteiger partial charge on any atom is 0.142 e. The minimum absolute atomic E-state index is 0.231. The van der Waals surface area contributed by atoms with Crippen molar-refractivity contribution in [1.29, 1.82) is 0 Å². The molecule has 0 spiro atoms. The van der Waals surface area contributed by atoms with Gasteiger partial charge < -0.3 is 15.1 Å². The lowest BCUT2D eigenvalue weighted by Crippen LogP contribution is -2.58. The average molecular weight is 308 g/mol. The van der Waals surface area contributed by atoms with Gasteiger partial charge in [0.05, 0.1) is 11.2 Å². The number of hydrogen-bond acceptors (Lipinski definition) is 4. The van der Waals surface area contributed by atoms with Crippen LogP contribution >= 0.6 is 0 Å². The van der Waals surface area contributed by atoms with Crippen LogP contribution in [0.1, 0.15) is 65.7 Å². The molecule has 0 bridgehead atoms. The van der Waals surface area contributed by atoms with E-state index in [2.05, 4.69) is 30.6 Å². The minimum Gasteiger partial charge on any atom is -0.508 e. The van der Waals surface area contributed by atoms with Gasteiger partial charge in [-0.15, -0.1) is 0 Å². The third kappa shape index (κ3) is 2.54. The fraction of sp³-hybridized carbons (Fsp3) is 0.889. The summed E-state index contributed by atoms with van der Waals surface area (Å²) in [5, 5.41) is 21.4. The summed E-state index contributed by atoms with van der Waals surface area (Å²) in [6, 6.07) is 0.957. The number of rotatable bonds is 2. The van der Waals surface area contributed by atoms with Crippen LogP contribution < -0.4 is 0 Å². The molecule has 0 aromatic rings. The van der Waals surface area contributed by atoms with Crippen molar-refractivity contribution in [3.8, 4) is 0 Å². The summed E-state index contributed by atoms with van der Waals surface area (Å²) in [7, 11) is 0. The first-order valence-electron chi connectivity index (χ1n) is 9.08. The van der Waals surface area contributed by atoms with Gasteiger partial charge in [0.2, 0.25) is 0 Å². The van der Waals surface area contributed by atoms with E-state index in [9.17, 15) is 10.2 Å². The van der Waals surface area contributed by atoms with Crippen LogP contribution in [0.4, 0.5) is 0 Å². The number of nitrogens with zero attached hydrogens (tertiary/aromatic N) is 2. The minimum atomic E-state index is -0.753. The van der Waals surface area contributed by atoms with Gasteiger partial charge in [-0.1, -0.05) is 6.42 Å². The zero-order valence-corrected chi connectivity index (χ0v) is 14.4. The van der Waals surface area contributed by atoms with Crippen LogP contribution in [0.3, 0.4) is 0 Å². The van der Waals surface area contributed by atoms with Crippen LogP contribution in [0, 0.1) is 0 Å². The van der Waals surface area contributed by atoms with Crippen molar-refractivity contribution in [2.45, 2.75) is 89.4 Å². The molecule has 4 atom stereocenters. The molecule has 2 fully saturated rings. The maximum absolute atomic E-state index is 10.8. The molecule has 4 heteroatoms. The van der Waals surface area contributed by atoms with Gasteiger partial charge in [-0.2, -0.15) is 0 Å². The summed E-state index contributed by atoms with van der Waals surface area (Å²) < 4.78 is 0. The highest BCUT2D eigenvalue weighted by Gasteiger charge is 2.51. The molecular formula is C18H32N2O2. The molecule has 22 heavy (non-hydrogen) atoms. The van der Waals surface area contributed by atoms with Crippen LogP contribution in [0.5, 0.6) is 0 Å². The molecule has 126 valence electrons. The molecule has 1 aliphatic carbocycles. The van der Waals surface area contributed by atoms with Crippen LogP contribution in [-0.4, -0.2) is 56.8 Å². The predicted octanol–water partition coefficient (Wildman–Crippen LogP) is 3.03. The molecule has 0 aromatic carbocycles. The van der Waals surface area contributed by atoms with E-state index in [1.165, 1.54) is 38.5 Å². The lowest BCUT2D eigenvalue weighted by molar-refractivity contribution is -0.0395. The van der Waals surface area contributed by atoms with E-state index in [-0.39, 0.29) is 11.3 Å². The van der Waals surface area contributed by atoms with Gasteiger partial charge in [0.25, 0.3) is 0 Å². The SMILES string of the molecule is CC1CCCCN1C1=C(O)C(O)C(C)(N2CCCCC2C)C1. The largest absolute Gasteiger partial charge is 0.508 e. The lowest BCUT2D eigenvalue weighted by Gasteiger charge is -2.47. The lowest BCUT2D eigenvalue weighted by atomic mass is 9.88. The van der Waals surface area contributed by atoms with E-state index >= 15 is 0 Å². The van der Waals surface area contributed by atoms with E-state index in [1.807, 2.05) is 0 Å². The number of piperidine rings is 2. The summed E-state index contributed by atoms with van der Waals surface area (Å²) in [6.45, 7) is 8.68. The number of likely N-dealkylation sites (tertiary alicyclic amines) is 2. The zero-order valence-electron chi connectivity index (χ0n) is 14.4. The number of aliphatic hydroxyl groups excluding tert-OH is 2. The topological polar surface area (TPSA) is 46.9 Å². The van der Waals surface area contributed by atoms with E-state index < -0.39 is 6.10 Å². The van der Waals surface area contributed by atoms with Gasteiger partial charge in [0.1, 0.15) is 11.9 Å². The molecule has 4 unspecified atom stereocenters. The Hall–Kier alpha value is -0.740.